The van der Waals surface area contributed by atoms with E-state index in [0.717, 1.165) is 41.0 Å². The lowest BCUT2D eigenvalue weighted by Gasteiger charge is -2.12. The van der Waals surface area contributed by atoms with Crippen LogP contribution in [0.3, 0.4) is 0 Å². The predicted molar refractivity (Wildman–Crippen MR) is 142 cm³/mol. The molecule has 0 spiro atoms. The lowest BCUT2D eigenvalue weighted by molar-refractivity contribution is -0.118. The highest BCUT2D eigenvalue weighted by Gasteiger charge is 2.24. The van der Waals surface area contributed by atoms with Gasteiger partial charge in [-0.2, -0.15) is 5.10 Å². The predicted octanol–water partition coefficient (Wildman–Crippen LogP) is 4.84. The van der Waals surface area contributed by atoms with Gasteiger partial charge in [0.2, 0.25) is 0 Å². The Hall–Kier alpha value is -3.14. The maximum Gasteiger partial charge on any atom is 0.267 e. The van der Waals surface area contributed by atoms with E-state index in [1.165, 1.54) is 16.6 Å². The van der Waals surface area contributed by atoms with Gasteiger partial charge in [-0.1, -0.05) is 23.4 Å². The first-order chi connectivity index (χ1) is 17.0. The molecule has 35 heavy (non-hydrogen) atoms. The zero-order valence-corrected chi connectivity index (χ0v) is 21.2. The third kappa shape index (κ3) is 4.98. The van der Waals surface area contributed by atoms with Crippen molar-refractivity contribution in [3.05, 3.63) is 79.9 Å². The summed E-state index contributed by atoms with van der Waals surface area (Å²) >= 11 is 8.84. The number of nitrogens with one attached hydrogen (secondary N) is 1. The van der Waals surface area contributed by atoms with Gasteiger partial charge in [0, 0.05) is 9.90 Å². The summed E-state index contributed by atoms with van der Waals surface area (Å²) in [6.45, 7) is 0. The second kappa shape index (κ2) is 10.2. The molecular weight excluding hydrogens is 504 g/mol. The molecule has 1 aliphatic rings. The zero-order chi connectivity index (χ0) is 24.4. The van der Waals surface area contributed by atoms with E-state index in [9.17, 15) is 9.59 Å². The number of aryl methyl sites for hydroxylation is 2. The smallest absolute Gasteiger partial charge is 0.267 e. The van der Waals surface area contributed by atoms with Crippen LogP contribution in [0.2, 0.25) is 5.02 Å². The minimum absolute atomic E-state index is 0.0522. The van der Waals surface area contributed by atoms with E-state index in [-0.39, 0.29) is 17.2 Å². The van der Waals surface area contributed by atoms with E-state index in [2.05, 4.69) is 10.5 Å². The number of rotatable bonds is 7. The summed E-state index contributed by atoms with van der Waals surface area (Å²) in [7, 11) is 1.60. The van der Waals surface area contributed by atoms with E-state index in [4.69, 9.17) is 21.3 Å². The Morgan fingerprint density at radius 2 is 2.00 bits per heavy atom. The molecule has 0 unspecified atom stereocenters. The summed E-state index contributed by atoms with van der Waals surface area (Å²) < 4.78 is 6.70. The van der Waals surface area contributed by atoms with Crippen molar-refractivity contribution < 1.29 is 9.53 Å². The highest BCUT2D eigenvalue weighted by molar-refractivity contribution is 7.99. The number of benzene rings is 2. The Balaban J connectivity index is 1.38. The van der Waals surface area contributed by atoms with Crippen molar-refractivity contribution in [1.82, 2.24) is 15.0 Å². The molecule has 0 radical (unpaired) electrons. The second-order valence-corrected chi connectivity index (χ2v) is 10.4. The third-order valence-corrected chi connectivity index (χ3v) is 8.02. The molecule has 1 amide bonds. The fraction of sp³-hybridized carbons (Fsp3) is 0.200. The lowest BCUT2D eigenvalue weighted by Crippen LogP contribution is -2.24. The molecule has 7 nitrogen and oxygen atoms in total. The maximum atomic E-state index is 13.6. The Bertz CT molecular complexity index is 1480. The van der Waals surface area contributed by atoms with Crippen LogP contribution in [0.5, 0.6) is 5.75 Å². The number of hydrazone groups is 1. The molecule has 0 fully saturated rings. The van der Waals surface area contributed by atoms with Crippen LogP contribution in [0.25, 0.3) is 15.9 Å². The van der Waals surface area contributed by atoms with Crippen LogP contribution in [0.15, 0.2) is 63.6 Å². The summed E-state index contributed by atoms with van der Waals surface area (Å²) in [4.78, 5) is 32.8. The van der Waals surface area contributed by atoms with E-state index < -0.39 is 0 Å². The van der Waals surface area contributed by atoms with Crippen LogP contribution >= 0.6 is 34.7 Å². The first-order valence-electron chi connectivity index (χ1n) is 11.0. The van der Waals surface area contributed by atoms with Gasteiger partial charge in [-0.3, -0.25) is 14.2 Å². The standard InChI is InChI=1S/C25H21ClN4O3S2/c1-33-18-11-5-15(6-12-18)13-27-29-21(31)14-34-25-28-23-22(19-3-2-4-20(19)35-23)24(32)30(25)17-9-7-16(26)8-10-17/h5-13H,2-4,14H2,1H3,(H,29,31). The molecule has 0 atom stereocenters. The van der Waals surface area contributed by atoms with Crippen LogP contribution in [0.1, 0.15) is 22.4 Å². The summed E-state index contributed by atoms with van der Waals surface area (Å²) in [5.74, 6) is 0.497. The Kier molecular flexibility index (Phi) is 6.90. The van der Waals surface area contributed by atoms with Gasteiger partial charge in [0.25, 0.3) is 11.5 Å². The highest BCUT2D eigenvalue weighted by Crippen LogP contribution is 2.36. The number of fused-ring (bicyclic) bond motifs is 3. The molecule has 2 aromatic carbocycles. The summed E-state index contributed by atoms with van der Waals surface area (Å²) in [6, 6.07) is 14.4. The van der Waals surface area contributed by atoms with E-state index >= 15 is 0 Å². The Labute approximate surface area is 214 Å². The van der Waals surface area contributed by atoms with Crippen LogP contribution in [0, 0.1) is 0 Å². The van der Waals surface area contributed by atoms with Crippen LogP contribution in [-0.4, -0.2) is 34.5 Å². The molecule has 0 saturated heterocycles. The number of aromatic nitrogens is 2. The number of carbonyl (C=O) groups is 1. The molecule has 1 N–H and O–H groups in total. The summed E-state index contributed by atoms with van der Waals surface area (Å²) in [6.07, 6.45) is 4.50. The maximum absolute atomic E-state index is 13.6. The summed E-state index contributed by atoms with van der Waals surface area (Å²) in [5, 5.41) is 5.75. The summed E-state index contributed by atoms with van der Waals surface area (Å²) in [5.41, 5.74) is 5.02. The number of ether oxygens (including phenoxy) is 1. The number of methoxy groups -OCH3 is 1. The number of hydrogen-bond donors (Lipinski definition) is 1. The van der Waals surface area contributed by atoms with Gasteiger partial charge in [0.15, 0.2) is 5.16 Å². The number of amides is 1. The molecule has 4 aromatic rings. The second-order valence-electron chi connectivity index (χ2n) is 7.90. The normalized spacial score (nSPS) is 12.9. The van der Waals surface area contributed by atoms with Gasteiger partial charge in [-0.25, -0.2) is 10.4 Å². The Morgan fingerprint density at radius 1 is 1.23 bits per heavy atom. The minimum Gasteiger partial charge on any atom is -0.497 e. The van der Waals surface area contributed by atoms with Gasteiger partial charge >= 0.3 is 0 Å². The molecule has 0 saturated carbocycles. The average molecular weight is 525 g/mol. The van der Waals surface area contributed by atoms with Crippen LogP contribution < -0.4 is 15.7 Å². The molecule has 0 aliphatic heterocycles. The minimum atomic E-state index is -0.301. The van der Waals surface area contributed by atoms with Crippen molar-refractivity contribution in [1.29, 1.82) is 0 Å². The van der Waals surface area contributed by atoms with Crippen molar-refractivity contribution in [3.8, 4) is 11.4 Å². The molecule has 2 heterocycles. The van der Waals surface area contributed by atoms with Crippen LogP contribution in [-0.2, 0) is 17.6 Å². The molecule has 5 rings (SSSR count). The Morgan fingerprint density at radius 3 is 2.74 bits per heavy atom. The SMILES string of the molecule is COc1ccc(C=NNC(=O)CSc2nc3sc4c(c3c(=O)n2-c2ccc(Cl)cc2)CCC4)cc1. The largest absolute Gasteiger partial charge is 0.497 e. The topological polar surface area (TPSA) is 85.6 Å². The number of carbonyl (C=O) groups excluding carboxylic acids is 1. The molecular formula is C25H21ClN4O3S2. The fourth-order valence-electron chi connectivity index (χ4n) is 3.97. The first kappa shape index (κ1) is 23.6. The number of thioether (sulfide) groups is 1. The quantitative estimate of drug-likeness (QED) is 0.162. The van der Waals surface area contributed by atoms with E-state index in [0.29, 0.717) is 21.3 Å². The number of nitrogens with zero attached hydrogens (tertiary/aromatic N) is 3. The third-order valence-electron chi connectivity index (χ3n) is 5.64. The van der Waals surface area contributed by atoms with Gasteiger partial charge < -0.3 is 4.74 Å². The molecule has 2 aromatic heterocycles. The lowest BCUT2D eigenvalue weighted by atomic mass is 10.2. The number of hydrogen-bond acceptors (Lipinski definition) is 7. The number of halogens is 1. The zero-order valence-electron chi connectivity index (χ0n) is 18.8. The van der Waals surface area contributed by atoms with Crippen LogP contribution in [0.4, 0.5) is 0 Å². The molecule has 10 heteroatoms. The van der Waals surface area contributed by atoms with Crippen molar-refractivity contribution in [2.24, 2.45) is 5.10 Å². The van der Waals surface area contributed by atoms with E-state index in [1.807, 2.05) is 24.3 Å². The van der Waals surface area contributed by atoms with Gasteiger partial charge in [0.05, 0.1) is 30.2 Å². The fourth-order valence-corrected chi connectivity index (χ4v) is 6.20. The van der Waals surface area contributed by atoms with Crippen molar-refractivity contribution in [2.45, 2.75) is 24.4 Å². The van der Waals surface area contributed by atoms with Crippen molar-refractivity contribution in [3.63, 3.8) is 0 Å². The van der Waals surface area contributed by atoms with Crippen molar-refractivity contribution in [2.75, 3.05) is 12.9 Å². The molecule has 1 aliphatic carbocycles. The van der Waals surface area contributed by atoms with Crippen molar-refractivity contribution >= 4 is 57.0 Å². The highest BCUT2D eigenvalue weighted by atomic mass is 35.5. The molecule has 178 valence electrons. The monoisotopic (exact) mass is 524 g/mol. The van der Waals surface area contributed by atoms with Gasteiger partial charge in [0.1, 0.15) is 10.6 Å². The van der Waals surface area contributed by atoms with Gasteiger partial charge in [-0.15, -0.1) is 11.3 Å². The first-order valence-corrected chi connectivity index (χ1v) is 13.1. The average Bonchev–Trinajstić information content (AvgIpc) is 3.45. The van der Waals surface area contributed by atoms with E-state index in [1.54, 1.807) is 53.5 Å². The molecule has 0 bridgehead atoms. The van der Waals surface area contributed by atoms with Gasteiger partial charge in [-0.05, 0) is 78.9 Å². The number of thiophene rings is 1.